The molecule has 2 unspecified atom stereocenters. The molecule has 1 saturated heterocycles. The molecule has 2 atom stereocenters. The largest absolute Gasteiger partial charge is 0.365 e. The molecule has 1 N–H and O–H groups in total. The SMILES string of the molecule is CSc1cccc(N2CC(C)NCC2C)c1C#N. The quantitative estimate of drug-likeness (QED) is 0.830. The average Bonchev–Trinajstić information content (AvgIpc) is 2.40. The third-order valence-corrected chi connectivity index (χ3v) is 4.19. The fourth-order valence-corrected chi connectivity index (χ4v) is 2.97. The van der Waals surface area contributed by atoms with Crippen molar-refractivity contribution in [3.63, 3.8) is 0 Å². The fourth-order valence-electron chi connectivity index (χ4n) is 2.40. The highest BCUT2D eigenvalue weighted by molar-refractivity contribution is 7.98. The second-order valence-corrected chi connectivity index (χ2v) is 5.62. The summed E-state index contributed by atoms with van der Waals surface area (Å²) in [6.45, 7) is 6.30. The van der Waals surface area contributed by atoms with Crippen molar-refractivity contribution in [1.82, 2.24) is 5.32 Å². The van der Waals surface area contributed by atoms with Gasteiger partial charge in [0.25, 0.3) is 0 Å². The predicted octanol–water partition coefficient (Wildman–Crippen LogP) is 2.47. The first-order valence-electron chi connectivity index (χ1n) is 6.24. The van der Waals surface area contributed by atoms with Gasteiger partial charge >= 0.3 is 0 Å². The van der Waals surface area contributed by atoms with Gasteiger partial charge in [-0.1, -0.05) is 6.07 Å². The van der Waals surface area contributed by atoms with Crippen LogP contribution in [-0.4, -0.2) is 31.4 Å². The van der Waals surface area contributed by atoms with Crippen LogP contribution in [0.1, 0.15) is 19.4 Å². The smallest absolute Gasteiger partial charge is 0.103 e. The van der Waals surface area contributed by atoms with Gasteiger partial charge in [-0.05, 0) is 32.2 Å². The molecule has 1 aliphatic heterocycles. The molecule has 18 heavy (non-hydrogen) atoms. The number of piperazine rings is 1. The van der Waals surface area contributed by atoms with E-state index in [-0.39, 0.29) is 0 Å². The number of nitrogens with zero attached hydrogens (tertiary/aromatic N) is 2. The van der Waals surface area contributed by atoms with Gasteiger partial charge in [0.1, 0.15) is 6.07 Å². The van der Waals surface area contributed by atoms with E-state index in [4.69, 9.17) is 0 Å². The van der Waals surface area contributed by atoms with Crippen molar-refractivity contribution in [1.29, 1.82) is 5.26 Å². The van der Waals surface area contributed by atoms with Gasteiger partial charge < -0.3 is 10.2 Å². The Kier molecular flexibility index (Phi) is 4.15. The zero-order valence-electron chi connectivity index (χ0n) is 11.1. The molecule has 4 heteroatoms. The molecule has 1 aliphatic rings. The Morgan fingerprint density at radius 2 is 2.22 bits per heavy atom. The molecule has 0 aliphatic carbocycles. The van der Waals surface area contributed by atoms with Gasteiger partial charge in [0, 0.05) is 30.1 Å². The van der Waals surface area contributed by atoms with E-state index in [0.29, 0.717) is 12.1 Å². The Morgan fingerprint density at radius 1 is 1.44 bits per heavy atom. The second kappa shape index (κ2) is 5.64. The summed E-state index contributed by atoms with van der Waals surface area (Å²) in [5.74, 6) is 0. The van der Waals surface area contributed by atoms with E-state index in [1.165, 1.54) is 0 Å². The highest BCUT2D eigenvalue weighted by Gasteiger charge is 2.25. The lowest BCUT2D eigenvalue weighted by atomic mass is 10.1. The van der Waals surface area contributed by atoms with Crippen LogP contribution in [0.2, 0.25) is 0 Å². The van der Waals surface area contributed by atoms with Gasteiger partial charge in [-0.15, -0.1) is 11.8 Å². The van der Waals surface area contributed by atoms with Gasteiger partial charge in [-0.25, -0.2) is 0 Å². The molecule has 0 saturated carbocycles. The Bertz CT molecular complexity index is 467. The zero-order chi connectivity index (χ0) is 13.1. The molecule has 0 spiro atoms. The number of hydrogen-bond acceptors (Lipinski definition) is 4. The van der Waals surface area contributed by atoms with Crippen molar-refractivity contribution in [3.05, 3.63) is 23.8 Å². The lowest BCUT2D eigenvalue weighted by Gasteiger charge is -2.39. The lowest BCUT2D eigenvalue weighted by Crippen LogP contribution is -2.54. The normalized spacial score (nSPS) is 23.8. The predicted molar refractivity (Wildman–Crippen MR) is 77.2 cm³/mol. The van der Waals surface area contributed by atoms with Crippen LogP contribution in [-0.2, 0) is 0 Å². The van der Waals surface area contributed by atoms with Crippen molar-refractivity contribution < 1.29 is 0 Å². The Labute approximate surface area is 113 Å². The lowest BCUT2D eigenvalue weighted by molar-refractivity contribution is 0.425. The van der Waals surface area contributed by atoms with E-state index >= 15 is 0 Å². The highest BCUT2D eigenvalue weighted by atomic mass is 32.2. The fraction of sp³-hybridized carbons (Fsp3) is 0.500. The summed E-state index contributed by atoms with van der Waals surface area (Å²) in [7, 11) is 0. The molecule has 3 nitrogen and oxygen atoms in total. The monoisotopic (exact) mass is 261 g/mol. The van der Waals surface area contributed by atoms with E-state index in [1.807, 2.05) is 18.4 Å². The number of rotatable bonds is 2. The topological polar surface area (TPSA) is 39.1 Å². The summed E-state index contributed by atoms with van der Waals surface area (Å²) in [5, 5.41) is 12.9. The minimum Gasteiger partial charge on any atom is -0.365 e. The summed E-state index contributed by atoms with van der Waals surface area (Å²) in [6.07, 6.45) is 2.02. The molecule has 2 rings (SSSR count). The Hall–Kier alpha value is -1.18. The van der Waals surface area contributed by atoms with E-state index in [2.05, 4.69) is 36.2 Å². The Balaban J connectivity index is 2.41. The first-order chi connectivity index (χ1) is 8.67. The Morgan fingerprint density at radius 3 is 2.89 bits per heavy atom. The molecular weight excluding hydrogens is 242 g/mol. The van der Waals surface area contributed by atoms with Crippen LogP contribution in [0.15, 0.2) is 23.1 Å². The maximum Gasteiger partial charge on any atom is 0.103 e. The van der Waals surface area contributed by atoms with Gasteiger partial charge in [0.05, 0.1) is 11.3 Å². The summed E-state index contributed by atoms with van der Waals surface area (Å²) >= 11 is 1.64. The third kappa shape index (κ3) is 2.47. The van der Waals surface area contributed by atoms with E-state index in [1.54, 1.807) is 11.8 Å². The third-order valence-electron chi connectivity index (χ3n) is 3.41. The van der Waals surface area contributed by atoms with Gasteiger partial charge in [-0.2, -0.15) is 5.26 Å². The average molecular weight is 261 g/mol. The number of nitrogens with one attached hydrogen (secondary N) is 1. The van der Waals surface area contributed by atoms with Crippen molar-refractivity contribution in [2.75, 3.05) is 24.2 Å². The first-order valence-corrected chi connectivity index (χ1v) is 7.47. The molecule has 1 aromatic rings. The minimum atomic E-state index is 0.422. The molecule has 1 heterocycles. The van der Waals surface area contributed by atoms with Crippen LogP contribution in [0.3, 0.4) is 0 Å². The van der Waals surface area contributed by atoms with Crippen LogP contribution in [0.4, 0.5) is 5.69 Å². The summed E-state index contributed by atoms with van der Waals surface area (Å²) in [4.78, 5) is 3.41. The molecule has 1 aromatic carbocycles. The number of anilines is 1. The van der Waals surface area contributed by atoms with Crippen molar-refractivity contribution in [2.45, 2.75) is 30.8 Å². The summed E-state index contributed by atoms with van der Waals surface area (Å²) < 4.78 is 0. The zero-order valence-corrected chi connectivity index (χ0v) is 11.9. The number of nitriles is 1. The van der Waals surface area contributed by atoms with Crippen LogP contribution in [0, 0.1) is 11.3 Å². The second-order valence-electron chi connectivity index (χ2n) is 4.78. The van der Waals surface area contributed by atoms with E-state index in [0.717, 1.165) is 29.2 Å². The number of thioether (sulfide) groups is 1. The molecule has 0 bridgehead atoms. The maximum absolute atomic E-state index is 9.41. The maximum atomic E-state index is 9.41. The van der Waals surface area contributed by atoms with Crippen LogP contribution in [0.5, 0.6) is 0 Å². The van der Waals surface area contributed by atoms with E-state index < -0.39 is 0 Å². The van der Waals surface area contributed by atoms with Gasteiger partial charge in [0.2, 0.25) is 0 Å². The van der Waals surface area contributed by atoms with Gasteiger partial charge in [-0.3, -0.25) is 0 Å². The standard InChI is InChI=1S/C14H19N3S/c1-10-9-17(11(2)8-16-10)13-5-4-6-14(18-3)12(13)7-15/h4-6,10-11,16H,8-9H2,1-3H3. The van der Waals surface area contributed by atoms with Crippen LogP contribution < -0.4 is 10.2 Å². The van der Waals surface area contributed by atoms with Crippen LogP contribution in [0.25, 0.3) is 0 Å². The van der Waals surface area contributed by atoms with Crippen LogP contribution >= 0.6 is 11.8 Å². The van der Waals surface area contributed by atoms with Crippen molar-refractivity contribution in [2.24, 2.45) is 0 Å². The van der Waals surface area contributed by atoms with Gasteiger partial charge in [0.15, 0.2) is 0 Å². The van der Waals surface area contributed by atoms with Crippen molar-refractivity contribution in [3.8, 4) is 6.07 Å². The first kappa shape index (κ1) is 13.3. The summed E-state index contributed by atoms with van der Waals surface area (Å²) in [6, 6.07) is 9.37. The highest BCUT2D eigenvalue weighted by Crippen LogP contribution is 2.30. The molecular formula is C14H19N3S. The molecule has 0 radical (unpaired) electrons. The number of benzene rings is 1. The molecule has 0 amide bonds. The molecule has 0 aromatic heterocycles. The minimum absolute atomic E-state index is 0.422. The summed E-state index contributed by atoms with van der Waals surface area (Å²) in [5.41, 5.74) is 1.89. The van der Waals surface area contributed by atoms with E-state index in [9.17, 15) is 5.26 Å². The molecule has 1 fully saturated rings. The van der Waals surface area contributed by atoms with Crippen molar-refractivity contribution >= 4 is 17.4 Å². The molecule has 96 valence electrons. The number of hydrogen-bond donors (Lipinski definition) is 1.